The number of amides is 1. The topological polar surface area (TPSA) is 79.5 Å². The normalized spacial score (nSPS) is 10.3. The molecule has 0 aliphatic carbocycles. The molecular formula is C12H6ClF2NO4. The highest BCUT2D eigenvalue weighted by Gasteiger charge is 2.19. The SMILES string of the molecule is O=C(O)c1cc(F)c(F)cc1NC(=O)c1ccoc1Cl. The van der Waals surface area contributed by atoms with E-state index < -0.39 is 34.8 Å². The molecule has 8 heteroatoms. The van der Waals surface area contributed by atoms with E-state index in [4.69, 9.17) is 21.1 Å². The number of carboxylic acid groups (broad SMARTS) is 1. The molecule has 1 aromatic carbocycles. The van der Waals surface area contributed by atoms with E-state index in [1.54, 1.807) is 0 Å². The summed E-state index contributed by atoms with van der Waals surface area (Å²) in [5, 5.41) is 10.8. The fraction of sp³-hybridized carbons (Fsp3) is 0. The van der Waals surface area contributed by atoms with E-state index in [-0.39, 0.29) is 10.8 Å². The van der Waals surface area contributed by atoms with Gasteiger partial charge in [-0.2, -0.15) is 0 Å². The molecule has 5 nitrogen and oxygen atoms in total. The van der Waals surface area contributed by atoms with Crippen molar-refractivity contribution in [3.8, 4) is 0 Å². The van der Waals surface area contributed by atoms with Crippen molar-refractivity contribution in [1.82, 2.24) is 0 Å². The summed E-state index contributed by atoms with van der Waals surface area (Å²) in [6, 6.07) is 2.30. The molecule has 0 fully saturated rings. The van der Waals surface area contributed by atoms with Crippen molar-refractivity contribution >= 4 is 29.2 Å². The van der Waals surface area contributed by atoms with Gasteiger partial charge in [-0.05, 0) is 23.7 Å². The number of halogens is 3. The van der Waals surface area contributed by atoms with Gasteiger partial charge in [0.1, 0.15) is 0 Å². The zero-order chi connectivity index (χ0) is 14.9. The third kappa shape index (κ3) is 2.62. The zero-order valence-corrected chi connectivity index (χ0v) is 10.4. The Morgan fingerprint density at radius 3 is 2.40 bits per heavy atom. The summed E-state index contributed by atoms with van der Waals surface area (Å²) in [6.07, 6.45) is 1.15. The van der Waals surface area contributed by atoms with E-state index in [1.165, 1.54) is 6.07 Å². The van der Waals surface area contributed by atoms with Crippen molar-refractivity contribution in [3.63, 3.8) is 0 Å². The number of anilines is 1. The minimum Gasteiger partial charge on any atom is -0.478 e. The van der Waals surface area contributed by atoms with Crippen LogP contribution in [-0.2, 0) is 0 Å². The number of benzene rings is 1. The second-order valence-corrected chi connectivity index (χ2v) is 4.02. The van der Waals surface area contributed by atoms with Crippen LogP contribution < -0.4 is 5.32 Å². The van der Waals surface area contributed by atoms with Crippen LogP contribution in [0.5, 0.6) is 0 Å². The molecule has 1 amide bonds. The van der Waals surface area contributed by atoms with Crippen LogP contribution in [0.15, 0.2) is 28.9 Å². The number of rotatable bonds is 3. The third-order valence-electron chi connectivity index (χ3n) is 2.40. The Kier molecular flexibility index (Phi) is 3.71. The first-order valence-electron chi connectivity index (χ1n) is 5.17. The fourth-order valence-corrected chi connectivity index (χ4v) is 1.67. The first-order chi connectivity index (χ1) is 9.40. The molecular weight excluding hydrogens is 296 g/mol. The molecule has 0 aliphatic rings. The standard InChI is InChI=1S/C12H6ClF2NO4/c13-10-5(1-2-20-10)11(17)16-9-4-8(15)7(14)3-6(9)12(18)19/h1-4H,(H,16,17)(H,18,19). The van der Waals surface area contributed by atoms with Crippen LogP contribution in [0.1, 0.15) is 20.7 Å². The van der Waals surface area contributed by atoms with Gasteiger partial charge in [-0.15, -0.1) is 0 Å². The number of hydrogen-bond donors (Lipinski definition) is 2. The van der Waals surface area contributed by atoms with Gasteiger partial charge >= 0.3 is 5.97 Å². The first kappa shape index (κ1) is 14.0. The maximum absolute atomic E-state index is 13.1. The largest absolute Gasteiger partial charge is 0.478 e. The molecule has 0 radical (unpaired) electrons. The maximum Gasteiger partial charge on any atom is 0.337 e. The third-order valence-corrected chi connectivity index (χ3v) is 2.69. The van der Waals surface area contributed by atoms with Gasteiger partial charge in [0.25, 0.3) is 5.91 Å². The van der Waals surface area contributed by atoms with Crippen molar-refractivity contribution in [2.24, 2.45) is 0 Å². The molecule has 104 valence electrons. The number of carboxylic acids is 1. The van der Waals surface area contributed by atoms with Crippen LogP contribution in [0, 0.1) is 11.6 Å². The number of carbonyl (C=O) groups is 2. The van der Waals surface area contributed by atoms with E-state index in [2.05, 4.69) is 5.32 Å². The Labute approximate surface area is 115 Å². The molecule has 0 atom stereocenters. The summed E-state index contributed by atoms with van der Waals surface area (Å²) in [5.74, 6) is -4.94. The van der Waals surface area contributed by atoms with Gasteiger partial charge in [0, 0.05) is 6.07 Å². The highest BCUT2D eigenvalue weighted by atomic mass is 35.5. The van der Waals surface area contributed by atoms with Crippen LogP contribution in [0.25, 0.3) is 0 Å². The van der Waals surface area contributed by atoms with Gasteiger partial charge < -0.3 is 14.8 Å². The summed E-state index contributed by atoms with van der Waals surface area (Å²) in [5.41, 5.74) is -1.04. The van der Waals surface area contributed by atoms with Gasteiger partial charge in [0.2, 0.25) is 5.22 Å². The Hall–Kier alpha value is -2.41. The summed E-state index contributed by atoms with van der Waals surface area (Å²) in [6.45, 7) is 0. The van der Waals surface area contributed by atoms with Gasteiger partial charge in [0.05, 0.1) is 23.1 Å². The Balaban J connectivity index is 2.38. The van der Waals surface area contributed by atoms with E-state index >= 15 is 0 Å². The molecule has 2 aromatic rings. The Morgan fingerprint density at radius 1 is 1.20 bits per heavy atom. The number of carbonyl (C=O) groups excluding carboxylic acids is 1. The lowest BCUT2D eigenvalue weighted by Crippen LogP contribution is -2.15. The summed E-state index contributed by atoms with van der Waals surface area (Å²) in [7, 11) is 0. The Bertz CT molecular complexity index is 699. The minimum atomic E-state index is -1.52. The monoisotopic (exact) mass is 301 g/mol. The molecule has 0 unspecified atom stereocenters. The number of hydrogen-bond acceptors (Lipinski definition) is 3. The zero-order valence-electron chi connectivity index (χ0n) is 9.62. The van der Waals surface area contributed by atoms with Gasteiger partial charge in [0.15, 0.2) is 11.6 Å². The van der Waals surface area contributed by atoms with E-state index in [1.807, 2.05) is 0 Å². The molecule has 20 heavy (non-hydrogen) atoms. The molecule has 2 N–H and O–H groups in total. The predicted molar refractivity (Wildman–Crippen MR) is 65.0 cm³/mol. The molecule has 0 bridgehead atoms. The second kappa shape index (κ2) is 5.30. The molecule has 1 aromatic heterocycles. The molecule has 0 saturated carbocycles. The highest BCUT2D eigenvalue weighted by Crippen LogP contribution is 2.23. The number of nitrogens with one attached hydrogen (secondary N) is 1. The second-order valence-electron chi connectivity index (χ2n) is 3.68. The van der Waals surface area contributed by atoms with Crippen molar-refractivity contribution in [2.75, 3.05) is 5.32 Å². The average Bonchev–Trinajstić information content (AvgIpc) is 2.79. The predicted octanol–water partition coefficient (Wildman–Crippen LogP) is 3.16. The van der Waals surface area contributed by atoms with E-state index in [9.17, 15) is 18.4 Å². The molecule has 0 spiro atoms. The summed E-state index contributed by atoms with van der Waals surface area (Å²) < 4.78 is 30.8. The van der Waals surface area contributed by atoms with Crippen LogP contribution in [-0.4, -0.2) is 17.0 Å². The number of furan rings is 1. The van der Waals surface area contributed by atoms with Crippen molar-refractivity contribution < 1.29 is 27.9 Å². The van der Waals surface area contributed by atoms with Crippen LogP contribution >= 0.6 is 11.6 Å². The smallest absolute Gasteiger partial charge is 0.337 e. The fourth-order valence-electron chi connectivity index (χ4n) is 1.47. The van der Waals surface area contributed by atoms with Gasteiger partial charge in [-0.1, -0.05) is 0 Å². The number of aromatic carboxylic acids is 1. The lowest BCUT2D eigenvalue weighted by atomic mass is 10.1. The lowest BCUT2D eigenvalue weighted by Gasteiger charge is -2.08. The maximum atomic E-state index is 13.1. The van der Waals surface area contributed by atoms with E-state index in [0.29, 0.717) is 12.1 Å². The van der Waals surface area contributed by atoms with Crippen molar-refractivity contribution in [3.05, 3.63) is 52.4 Å². The summed E-state index contributed by atoms with van der Waals surface area (Å²) >= 11 is 5.58. The van der Waals surface area contributed by atoms with Crippen LogP contribution in [0.3, 0.4) is 0 Å². The van der Waals surface area contributed by atoms with Gasteiger partial charge in [-0.3, -0.25) is 4.79 Å². The van der Waals surface area contributed by atoms with Crippen molar-refractivity contribution in [1.29, 1.82) is 0 Å². The van der Waals surface area contributed by atoms with E-state index in [0.717, 1.165) is 6.26 Å². The highest BCUT2D eigenvalue weighted by molar-refractivity contribution is 6.32. The molecule has 0 aliphatic heterocycles. The van der Waals surface area contributed by atoms with Crippen LogP contribution in [0.4, 0.5) is 14.5 Å². The van der Waals surface area contributed by atoms with Crippen molar-refractivity contribution in [2.45, 2.75) is 0 Å². The molecule has 1 heterocycles. The molecule has 2 rings (SSSR count). The van der Waals surface area contributed by atoms with Crippen LogP contribution in [0.2, 0.25) is 5.22 Å². The Morgan fingerprint density at radius 2 is 1.85 bits per heavy atom. The van der Waals surface area contributed by atoms with Gasteiger partial charge in [-0.25, -0.2) is 13.6 Å². The first-order valence-corrected chi connectivity index (χ1v) is 5.54. The molecule has 0 saturated heterocycles. The summed E-state index contributed by atoms with van der Waals surface area (Å²) in [4.78, 5) is 22.7. The minimum absolute atomic E-state index is 0.0623. The quantitative estimate of drug-likeness (QED) is 0.912. The average molecular weight is 302 g/mol. The lowest BCUT2D eigenvalue weighted by molar-refractivity contribution is 0.0697.